The fraction of sp³-hybridized carbons (Fsp3) is 0.357. The molecule has 0 atom stereocenters. The number of carbonyl (C=O) groups is 1. The summed E-state index contributed by atoms with van der Waals surface area (Å²) in [5, 5.41) is 9.05. The van der Waals surface area contributed by atoms with Crippen LogP contribution in [-0.2, 0) is 11.3 Å². The molecule has 0 amide bonds. The number of aliphatic hydroxyl groups is 1. The van der Waals surface area contributed by atoms with Crippen molar-refractivity contribution in [2.45, 2.75) is 19.9 Å². The Balaban J connectivity index is 2.52. The molecule has 2 heterocycles. The van der Waals surface area contributed by atoms with Crippen molar-refractivity contribution in [2.24, 2.45) is 0 Å². The van der Waals surface area contributed by atoms with Crippen LogP contribution in [0.5, 0.6) is 0 Å². The van der Waals surface area contributed by atoms with Gasteiger partial charge in [-0.2, -0.15) is 0 Å². The second-order valence-corrected chi connectivity index (χ2v) is 5.31. The number of hydrogen-bond acceptors (Lipinski definition) is 5. The molecule has 7 heteroatoms. The summed E-state index contributed by atoms with van der Waals surface area (Å²) in [5.74, 6) is -0.683. The molecule has 0 spiro atoms. The molecule has 21 heavy (non-hydrogen) atoms. The molecule has 0 aliphatic heterocycles. The van der Waals surface area contributed by atoms with Crippen LogP contribution in [0.3, 0.4) is 0 Å². The molecule has 0 bridgehead atoms. The number of halogens is 1. The summed E-state index contributed by atoms with van der Waals surface area (Å²) in [6.45, 7) is 2.48. The number of fused-ring (bicyclic) bond motifs is 1. The topological polar surface area (TPSA) is 81.4 Å². The zero-order chi connectivity index (χ0) is 15.4. The molecule has 0 aliphatic carbocycles. The average molecular weight is 355 g/mol. The quantitative estimate of drug-likeness (QED) is 0.652. The summed E-state index contributed by atoms with van der Waals surface area (Å²) in [6.07, 6.45) is 3.41. The van der Waals surface area contributed by atoms with Crippen LogP contribution in [0.1, 0.15) is 23.7 Å². The lowest BCUT2D eigenvalue weighted by molar-refractivity contribution is 0.0480. The average Bonchev–Trinajstić information content (AvgIpc) is 2.48. The van der Waals surface area contributed by atoms with Crippen molar-refractivity contribution in [3.8, 4) is 0 Å². The van der Waals surface area contributed by atoms with E-state index in [-0.39, 0.29) is 18.8 Å². The first-order valence-corrected chi connectivity index (χ1v) is 7.34. The number of aryl methyl sites for hydroxylation is 1. The van der Waals surface area contributed by atoms with Crippen LogP contribution in [-0.4, -0.2) is 33.8 Å². The number of esters is 1. The summed E-state index contributed by atoms with van der Waals surface area (Å²) in [7, 11) is 0. The van der Waals surface area contributed by atoms with E-state index in [1.54, 1.807) is 16.8 Å². The summed E-state index contributed by atoms with van der Waals surface area (Å²) in [6, 6.07) is 1.64. The van der Waals surface area contributed by atoms with Crippen molar-refractivity contribution in [2.75, 3.05) is 13.2 Å². The number of ether oxygens (including phenoxy) is 1. The number of aliphatic hydroxyl groups excluding tert-OH is 1. The maximum Gasteiger partial charge on any atom is 0.343 e. The van der Waals surface area contributed by atoms with Crippen molar-refractivity contribution in [1.29, 1.82) is 0 Å². The highest BCUT2D eigenvalue weighted by molar-refractivity contribution is 9.10. The summed E-state index contributed by atoms with van der Waals surface area (Å²) in [5.41, 5.74) is 0.0947. The van der Waals surface area contributed by atoms with E-state index < -0.39 is 11.4 Å². The molecule has 6 nitrogen and oxygen atoms in total. The number of carbonyl (C=O) groups excluding carboxylic acids is 1. The summed E-state index contributed by atoms with van der Waals surface area (Å²) < 4.78 is 7.38. The third kappa shape index (κ3) is 3.30. The van der Waals surface area contributed by atoms with Gasteiger partial charge >= 0.3 is 5.97 Å². The van der Waals surface area contributed by atoms with Gasteiger partial charge < -0.3 is 14.4 Å². The maximum atomic E-state index is 12.4. The number of pyridine rings is 2. The number of nitrogens with zero attached hydrogens (tertiary/aromatic N) is 2. The Labute approximate surface area is 129 Å². The predicted molar refractivity (Wildman–Crippen MR) is 81.4 cm³/mol. The van der Waals surface area contributed by atoms with Crippen LogP contribution in [0, 0.1) is 0 Å². The van der Waals surface area contributed by atoms with Gasteiger partial charge in [-0.15, -0.1) is 0 Å². The third-order valence-electron chi connectivity index (χ3n) is 2.98. The van der Waals surface area contributed by atoms with Crippen molar-refractivity contribution in [3.05, 3.63) is 38.7 Å². The highest BCUT2D eigenvalue weighted by Crippen LogP contribution is 2.15. The van der Waals surface area contributed by atoms with Crippen molar-refractivity contribution < 1.29 is 14.6 Å². The van der Waals surface area contributed by atoms with Gasteiger partial charge in [0.2, 0.25) is 5.43 Å². The molecular formula is C14H15BrN2O4. The molecule has 2 aromatic heterocycles. The highest BCUT2D eigenvalue weighted by Gasteiger charge is 2.17. The first-order valence-electron chi connectivity index (χ1n) is 6.55. The number of aromatic nitrogens is 2. The van der Waals surface area contributed by atoms with Gasteiger partial charge in [0, 0.05) is 36.4 Å². The second-order valence-electron chi connectivity index (χ2n) is 4.40. The molecule has 0 aliphatic rings. The number of hydrogen-bond donors (Lipinski definition) is 1. The first-order chi connectivity index (χ1) is 10.1. The molecule has 112 valence electrons. The molecule has 0 fully saturated rings. The molecule has 0 radical (unpaired) electrons. The van der Waals surface area contributed by atoms with Crippen LogP contribution in [0.25, 0.3) is 11.0 Å². The van der Waals surface area contributed by atoms with Gasteiger partial charge in [0.15, 0.2) is 0 Å². The van der Waals surface area contributed by atoms with Gasteiger partial charge in [0.1, 0.15) is 11.2 Å². The van der Waals surface area contributed by atoms with E-state index in [4.69, 9.17) is 9.84 Å². The smallest absolute Gasteiger partial charge is 0.343 e. The Morgan fingerprint density at radius 2 is 2.29 bits per heavy atom. The Kier molecular flexibility index (Phi) is 5.08. The predicted octanol–water partition coefficient (Wildman–Crippen LogP) is 1.72. The fourth-order valence-electron chi connectivity index (χ4n) is 1.94. The standard InChI is InChI=1S/C14H15BrN2O4/c1-2-17-8-11(14(20)21-5-3-4-18)12(19)10-6-9(15)7-16-13(10)17/h6-8,18H,2-5H2,1H3. The summed E-state index contributed by atoms with van der Waals surface area (Å²) >= 11 is 3.27. The normalized spacial score (nSPS) is 10.8. The van der Waals surface area contributed by atoms with E-state index in [0.717, 1.165) is 0 Å². The first kappa shape index (κ1) is 15.7. The molecule has 0 aromatic carbocycles. The fourth-order valence-corrected chi connectivity index (χ4v) is 2.27. The minimum absolute atomic E-state index is 0.0258. The summed E-state index contributed by atoms with van der Waals surface area (Å²) in [4.78, 5) is 28.6. The minimum atomic E-state index is -0.683. The molecule has 0 saturated carbocycles. The molecular weight excluding hydrogens is 340 g/mol. The Bertz CT molecular complexity index is 727. The van der Waals surface area contributed by atoms with Crippen molar-refractivity contribution >= 4 is 32.9 Å². The van der Waals surface area contributed by atoms with Gasteiger partial charge in [0.05, 0.1) is 12.0 Å². The van der Waals surface area contributed by atoms with E-state index in [1.807, 2.05) is 6.92 Å². The largest absolute Gasteiger partial charge is 0.462 e. The lowest BCUT2D eigenvalue weighted by Gasteiger charge is -2.10. The molecule has 0 saturated heterocycles. The lowest BCUT2D eigenvalue weighted by atomic mass is 10.2. The highest BCUT2D eigenvalue weighted by atomic mass is 79.9. The molecule has 0 unspecified atom stereocenters. The van der Waals surface area contributed by atoms with Crippen LogP contribution in [0.4, 0.5) is 0 Å². The van der Waals surface area contributed by atoms with Crippen LogP contribution >= 0.6 is 15.9 Å². The van der Waals surface area contributed by atoms with Gasteiger partial charge in [0.25, 0.3) is 0 Å². The van der Waals surface area contributed by atoms with E-state index in [0.29, 0.717) is 28.5 Å². The molecule has 2 rings (SSSR count). The Morgan fingerprint density at radius 3 is 2.95 bits per heavy atom. The van der Waals surface area contributed by atoms with Crippen molar-refractivity contribution in [1.82, 2.24) is 9.55 Å². The van der Waals surface area contributed by atoms with Gasteiger partial charge in [-0.05, 0) is 28.9 Å². The Hall–Kier alpha value is -1.73. The van der Waals surface area contributed by atoms with E-state index in [2.05, 4.69) is 20.9 Å². The van der Waals surface area contributed by atoms with Crippen LogP contribution < -0.4 is 5.43 Å². The zero-order valence-electron chi connectivity index (χ0n) is 11.5. The van der Waals surface area contributed by atoms with Gasteiger partial charge in [-0.3, -0.25) is 4.79 Å². The van der Waals surface area contributed by atoms with Crippen LogP contribution in [0.15, 0.2) is 27.7 Å². The van der Waals surface area contributed by atoms with Crippen molar-refractivity contribution in [3.63, 3.8) is 0 Å². The van der Waals surface area contributed by atoms with Gasteiger partial charge in [-0.1, -0.05) is 0 Å². The lowest BCUT2D eigenvalue weighted by Crippen LogP contribution is -2.21. The molecule has 1 N–H and O–H groups in total. The minimum Gasteiger partial charge on any atom is -0.462 e. The monoisotopic (exact) mass is 354 g/mol. The Morgan fingerprint density at radius 1 is 1.52 bits per heavy atom. The van der Waals surface area contributed by atoms with Gasteiger partial charge in [-0.25, -0.2) is 9.78 Å². The third-order valence-corrected chi connectivity index (χ3v) is 3.41. The van der Waals surface area contributed by atoms with E-state index >= 15 is 0 Å². The van der Waals surface area contributed by atoms with Crippen LogP contribution in [0.2, 0.25) is 0 Å². The zero-order valence-corrected chi connectivity index (χ0v) is 13.1. The second kappa shape index (κ2) is 6.82. The number of rotatable bonds is 5. The van der Waals surface area contributed by atoms with E-state index in [1.165, 1.54) is 6.20 Å². The molecule has 2 aromatic rings. The maximum absolute atomic E-state index is 12.4. The van der Waals surface area contributed by atoms with E-state index in [9.17, 15) is 9.59 Å². The SMILES string of the molecule is CCn1cc(C(=O)OCCCO)c(=O)c2cc(Br)cnc21.